The molecule has 0 aliphatic carbocycles. The van der Waals surface area contributed by atoms with Gasteiger partial charge in [-0.15, -0.1) is 0 Å². The Kier molecular flexibility index (Phi) is 8.48. The van der Waals surface area contributed by atoms with E-state index in [9.17, 15) is 14.4 Å². The Morgan fingerprint density at radius 2 is 1.88 bits per heavy atom. The third-order valence-corrected chi connectivity index (χ3v) is 4.67. The maximum atomic E-state index is 12.5. The molecule has 138 valence electrons. The van der Waals surface area contributed by atoms with Crippen LogP contribution in [0.4, 0.5) is 0 Å². The zero-order valence-corrected chi connectivity index (χ0v) is 15.9. The molecule has 1 aromatic rings. The molecule has 0 saturated carbocycles. The lowest BCUT2D eigenvalue weighted by Gasteiger charge is -2.23. The van der Waals surface area contributed by atoms with Crippen LogP contribution in [-0.4, -0.2) is 47.0 Å². The third kappa shape index (κ3) is 6.78. The summed E-state index contributed by atoms with van der Waals surface area (Å²) in [6.45, 7) is 5.07. The van der Waals surface area contributed by atoms with Gasteiger partial charge < -0.3 is 15.7 Å². The molecule has 0 aliphatic heterocycles. The van der Waals surface area contributed by atoms with E-state index in [1.165, 1.54) is 6.92 Å². The Morgan fingerprint density at radius 1 is 1.20 bits per heavy atom. The van der Waals surface area contributed by atoms with Crippen molar-refractivity contribution in [3.63, 3.8) is 0 Å². The van der Waals surface area contributed by atoms with Gasteiger partial charge in [0.05, 0.1) is 5.92 Å². The van der Waals surface area contributed by atoms with Crippen LogP contribution >= 0.6 is 11.8 Å². The van der Waals surface area contributed by atoms with Crippen molar-refractivity contribution in [3.8, 4) is 0 Å². The lowest BCUT2D eigenvalue weighted by atomic mass is 10.0. The first-order valence-corrected chi connectivity index (χ1v) is 9.55. The number of nitrogens with one attached hydrogen (secondary N) is 2. The SMILES string of the molecule is CSCCC(NC(=O)c1cccc(C)c1)C(=O)NC(C)C(C)C(=O)O. The molecule has 0 saturated heterocycles. The predicted molar refractivity (Wildman–Crippen MR) is 99.8 cm³/mol. The number of carboxylic acids is 1. The van der Waals surface area contributed by atoms with Gasteiger partial charge in [-0.1, -0.05) is 17.7 Å². The van der Waals surface area contributed by atoms with E-state index in [2.05, 4.69) is 10.6 Å². The van der Waals surface area contributed by atoms with E-state index in [0.29, 0.717) is 17.7 Å². The molecule has 0 fully saturated rings. The fourth-order valence-corrected chi connectivity index (χ4v) is 2.67. The van der Waals surface area contributed by atoms with Crippen molar-refractivity contribution >= 4 is 29.5 Å². The number of carboxylic acid groups (broad SMARTS) is 1. The van der Waals surface area contributed by atoms with E-state index < -0.39 is 24.0 Å². The summed E-state index contributed by atoms with van der Waals surface area (Å²) < 4.78 is 0. The van der Waals surface area contributed by atoms with Crippen LogP contribution in [-0.2, 0) is 9.59 Å². The van der Waals surface area contributed by atoms with Crippen molar-refractivity contribution in [2.75, 3.05) is 12.0 Å². The van der Waals surface area contributed by atoms with Gasteiger partial charge in [0, 0.05) is 11.6 Å². The molecule has 0 aliphatic rings. The molecule has 25 heavy (non-hydrogen) atoms. The van der Waals surface area contributed by atoms with Crippen LogP contribution in [0.25, 0.3) is 0 Å². The number of hydrogen-bond donors (Lipinski definition) is 3. The second kappa shape index (κ2) is 10.1. The van der Waals surface area contributed by atoms with Gasteiger partial charge in [0.15, 0.2) is 0 Å². The minimum atomic E-state index is -0.975. The zero-order valence-electron chi connectivity index (χ0n) is 15.0. The number of aryl methyl sites for hydroxylation is 1. The summed E-state index contributed by atoms with van der Waals surface area (Å²) in [7, 11) is 0. The molecule has 0 spiro atoms. The van der Waals surface area contributed by atoms with Crippen LogP contribution in [0.3, 0.4) is 0 Å². The van der Waals surface area contributed by atoms with Crippen LogP contribution in [0, 0.1) is 12.8 Å². The molecule has 3 atom stereocenters. The van der Waals surface area contributed by atoms with Crippen molar-refractivity contribution in [1.82, 2.24) is 10.6 Å². The Labute approximate surface area is 152 Å². The summed E-state index contributed by atoms with van der Waals surface area (Å²) in [6, 6.07) is 5.90. The lowest BCUT2D eigenvalue weighted by molar-refractivity contribution is -0.142. The number of rotatable bonds is 9. The highest BCUT2D eigenvalue weighted by molar-refractivity contribution is 7.98. The van der Waals surface area contributed by atoms with E-state index in [0.717, 1.165) is 5.56 Å². The molecule has 0 aromatic heterocycles. The Bertz CT molecular complexity index is 621. The summed E-state index contributed by atoms with van der Waals surface area (Å²) >= 11 is 1.58. The minimum Gasteiger partial charge on any atom is -0.481 e. The first-order chi connectivity index (χ1) is 11.8. The summed E-state index contributed by atoms with van der Waals surface area (Å²) in [5.41, 5.74) is 1.45. The lowest BCUT2D eigenvalue weighted by Crippen LogP contribution is -2.51. The highest BCUT2D eigenvalue weighted by Gasteiger charge is 2.26. The van der Waals surface area contributed by atoms with E-state index in [4.69, 9.17) is 5.11 Å². The molecular weight excluding hydrogens is 340 g/mol. The van der Waals surface area contributed by atoms with Gasteiger partial charge in [0.25, 0.3) is 5.91 Å². The standard InChI is InChI=1S/C18H26N2O4S/c1-11-6-5-7-14(10-11)16(21)20-15(8-9-25-4)17(22)19-13(3)12(2)18(23)24/h5-7,10,12-13,15H,8-9H2,1-4H3,(H,19,22)(H,20,21)(H,23,24). The normalized spacial score (nSPS) is 14.2. The van der Waals surface area contributed by atoms with Crippen molar-refractivity contribution in [2.24, 2.45) is 5.92 Å². The van der Waals surface area contributed by atoms with Crippen molar-refractivity contribution < 1.29 is 19.5 Å². The first kappa shape index (κ1) is 21.0. The van der Waals surface area contributed by atoms with Crippen LogP contribution < -0.4 is 10.6 Å². The summed E-state index contributed by atoms with van der Waals surface area (Å²) in [5.74, 6) is -1.66. The van der Waals surface area contributed by atoms with Crippen molar-refractivity contribution in [3.05, 3.63) is 35.4 Å². The smallest absolute Gasteiger partial charge is 0.308 e. The molecule has 3 N–H and O–H groups in total. The number of carbonyl (C=O) groups is 3. The number of benzene rings is 1. The molecule has 1 aromatic carbocycles. The highest BCUT2D eigenvalue weighted by Crippen LogP contribution is 2.08. The molecule has 0 radical (unpaired) electrons. The number of carbonyl (C=O) groups excluding carboxylic acids is 2. The summed E-state index contributed by atoms with van der Waals surface area (Å²) in [5, 5.41) is 14.5. The van der Waals surface area contributed by atoms with E-state index in [1.807, 2.05) is 19.2 Å². The fourth-order valence-electron chi connectivity index (χ4n) is 2.20. The number of hydrogen-bond acceptors (Lipinski definition) is 4. The van der Waals surface area contributed by atoms with Gasteiger partial charge in [0.2, 0.25) is 5.91 Å². The molecule has 3 unspecified atom stereocenters. The van der Waals surface area contributed by atoms with Gasteiger partial charge in [-0.05, 0) is 51.3 Å². The largest absolute Gasteiger partial charge is 0.481 e. The van der Waals surface area contributed by atoms with Gasteiger partial charge in [-0.2, -0.15) is 11.8 Å². The molecular formula is C18H26N2O4S. The first-order valence-electron chi connectivity index (χ1n) is 8.16. The average molecular weight is 366 g/mol. The molecule has 7 heteroatoms. The van der Waals surface area contributed by atoms with Crippen molar-refractivity contribution in [2.45, 2.75) is 39.3 Å². The van der Waals surface area contributed by atoms with E-state index in [-0.39, 0.29) is 11.8 Å². The predicted octanol–water partition coefficient (Wildman–Crippen LogP) is 2.07. The quantitative estimate of drug-likeness (QED) is 0.622. The molecule has 1 rings (SSSR count). The van der Waals surface area contributed by atoms with Crippen LogP contribution in [0.2, 0.25) is 0 Å². The topological polar surface area (TPSA) is 95.5 Å². The van der Waals surface area contributed by atoms with Crippen LogP contribution in [0.1, 0.15) is 36.2 Å². The van der Waals surface area contributed by atoms with Crippen molar-refractivity contribution in [1.29, 1.82) is 0 Å². The van der Waals surface area contributed by atoms with Crippen LogP contribution in [0.5, 0.6) is 0 Å². The molecule has 0 bridgehead atoms. The van der Waals surface area contributed by atoms with Gasteiger partial charge in [-0.25, -0.2) is 0 Å². The highest BCUT2D eigenvalue weighted by atomic mass is 32.2. The average Bonchev–Trinajstić information content (AvgIpc) is 2.57. The van der Waals surface area contributed by atoms with Crippen LogP contribution in [0.15, 0.2) is 24.3 Å². The summed E-state index contributed by atoms with van der Waals surface area (Å²) in [4.78, 5) is 35.9. The molecule has 6 nitrogen and oxygen atoms in total. The molecule has 2 amide bonds. The Hall–Kier alpha value is -2.02. The maximum Gasteiger partial charge on any atom is 0.308 e. The Balaban J connectivity index is 2.80. The van der Waals surface area contributed by atoms with Gasteiger partial charge in [0.1, 0.15) is 6.04 Å². The van der Waals surface area contributed by atoms with Gasteiger partial charge >= 0.3 is 5.97 Å². The zero-order chi connectivity index (χ0) is 19.0. The second-order valence-electron chi connectivity index (χ2n) is 6.10. The molecule has 0 heterocycles. The number of amides is 2. The second-order valence-corrected chi connectivity index (χ2v) is 7.09. The van der Waals surface area contributed by atoms with E-state index in [1.54, 1.807) is 36.9 Å². The van der Waals surface area contributed by atoms with E-state index >= 15 is 0 Å². The maximum absolute atomic E-state index is 12.5. The third-order valence-electron chi connectivity index (χ3n) is 4.02. The fraction of sp³-hybridized carbons (Fsp3) is 0.500. The summed E-state index contributed by atoms with van der Waals surface area (Å²) in [6.07, 6.45) is 2.39. The number of thioether (sulfide) groups is 1. The Morgan fingerprint density at radius 3 is 2.44 bits per heavy atom. The monoisotopic (exact) mass is 366 g/mol. The van der Waals surface area contributed by atoms with Gasteiger partial charge in [-0.3, -0.25) is 14.4 Å². The number of aliphatic carboxylic acids is 1. The minimum absolute atomic E-state index is 0.316.